The summed E-state index contributed by atoms with van der Waals surface area (Å²) >= 11 is 7.65. The van der Waals surface area contributed by atoms with Crippen LogP contribution in [0, 0.1) is 0 Å². The maximum atomic E-state index is 6.44. The minimum absolute atomic E-state index is 0.330. The van der Waals surface area contributed by atoms with Gasteiger partial charge in [0, 0.05) is 61.1 Å². The molecule has 6 aliphatic carbocycles. The van der Waals surface area contributed by atoms with Crippen LogP contribution in [0.3, 0.4) is 0 Å². The third kappa shape index (κ3) is 9.91. The molecule has 0 bridgehead atoms. The van der Waals surface area contributed by atoms with Gasteiger partial charge in [0.1, 0.15) is 0 Å². The number of hydrogen-bond acceptors (Lipinski definition) is 9. The van der Waals surface area contributed by atoms with Crippen molar-refractivity contribution in [3.63, 3.8) is 0 Å². The van der Waals surface area contributed by atoms with Crippen LogP contribution in [0.25, 0.3) is 95.0 Å². The van der Waals surface area contributed by atoms with Crippen LogP contribution in [0.2, 0.25) is 0 Å². The van der Waals surface area contributed by atoms with E-state index in [-0.39, 0.29) is 10.8 Å². The Balaban J connectivity index is 0.0000000973. The maximum absolute atomic E-state index is 6.44. The molecule has 19 aromatic carbocycles. The van der Waals surface area contributed by atoms with Crippen molar-refractivity contribution >= 4 is 144 Å². The first-order chi connectivity index (χ1) is 65.5. The molecule has 5 nitrogen and oxygen atoms in total. The fourth-order valence-electron chi connectivity index (χ4n) is 24.3. The molecule has 0 fully saturated rings. The van der Waals surface area contributed by atoms with Crippen LogP contribution in [0.4, 0.5) is 68.2 Å². The second-order valence-electron chi connectivity index (χ2n) is 35.3. The average molecular weight is 1750 g/mol. The van der Waals surface area contributed by atoms with Gasteiger partial charge in [0.2, 0.25) is 0 Å². The lowest BCUT2D eigenvalue weighted by Gasteiger charge is -2.40. The van der Waals surface area contributed by atoms with Crippen LogP contribution in [-0.4, -0.2) is 0 Å². The van der Waals surface area contributed by atoms with Crippen LogP contribution >= 0.6 is 45.8 Å². The van der Waals surface area contributed by atoms with Crippen LogP contribution in [0.1, 0.15) is 66.8 Å². The quantitative estimate of drug-likeness (QED) is 0.174. The Morgan fingerprint density at radius 1 is 0.182 bits per heavy atom. The molecule has 0 saturated carbocycles. The van der Waals surface area contributed by atoms with E-state index in [1.165, 1.54) is 223 Å². The number of thiophene rings is 3. The molecule has 0 N–H and O–H groups in total. The van der Waals surface area contributed by atoms with Crippen molar-refractivity contribution in [2.75, 3.05) is 19.6 Å². The third-order valence-corrected chi connectivity index (χ3v) is 33.8. The number of fused-ring (bicyclic) bond motifs is 42. The molecule has 132 heavy (non-hydrogen) atoms. The second kappa shape index (κ2) is 28.2. The Morgan fingerprint density at radius 3 is 0.962 bits per heavy atom. The predicted octanol–water partition coefficient (Wildman–Crippen LogP) is 34.5. The van der Waals surface area contributed by atoms with E-state index in [1.807, 2.05) is 45.8 Å². The Kier molecular flexibility index (Phi) is 15.9. The van der Waals surface area contributed by atoms with Gasteiger partial charge < -0.3 is 24.3 Å². The van der Waals surface area contributed by atoms with Gasteiger partial charge in [0.15, 0.2) is 11.5 Å². The molecule has 1 atom stereocenters. The van der Waals surface area contributed by atoms with E-state index in [0.29, 0.717) is 0 Å². The van der Waals surface area contributed by atoms with Crippen molar-refractivity contribution in [1.29, 1.82) is 0 Å². The number of ether oxygens (including phenoxy) is 1. The van der Waals surface area contributed by atoms with E-state index in [9.17, 15) is 0 Å². The van der Waals surface area contributed by atoms with Crippen molar-refractivity contribution in [1.82, 2.24) is 0 Å². The molecular weight excluding hydrogens is 1680 g/mol. The predicted molar refractivity (Wildman–Crippen MR) is 551 cm³/mol. The van der Waals surface area contributed by atoms with Gasteiger partial charge in [0.05, 0.1) is 67.4 Å². The molecule has 616 valence electrons. The van der Waals surface area contributed by atoms with Gasteiger partial charge in [-0.05, 0) is 261 Å². The molecular formula is C123H74N4OS4. The normalized spacial score (nSPS) is 15.2. The lowest BCUT2D eigenvalue weighted by molar-refractivity contribution is 0.477. The summed E-state index contributed by atoms with van der Waals surface area (Å²) in [6.45, 7) is 0. The number of para-hydroxylation sites is 11. The zero-order valence-corrected chi connectivity index (χ0v) is 74.3. The monoisotopic (exact) mass is 1750 g/mol. The van der Waals surface area contributed by atoms with Gasteiger partial charge in [-0.15, -0.1) is 34.0 Å². The molecule has 0 saturated heterocycles. The van der Waals surface area contributed by atoms with E-state index in [4.69, 9.17) is 4.74 Å². The third-order valence-electron chi connectivity index (χ3n) is 29.1. The molecule has 0 amide bonds. The molecule has 6 heterocycles. The zero-order valence-electron chi connectivity index (χ0n) is 71.1. The summed E-state index contributed by atoms with van der Waals surface area (Å²) in [4.78, 5) is 16.5. The summed E-state index contributed by atoms with van der Waals surface area (Å²) in [7, 11) is 0. The van der Waals surface area contributed by atoms with E-state index in [1.54, 1.807) is 0 Å². The van der Waals surface area contributed by atoms with Crippen LogP contribution in [0.5, 0.6) is 11.5 Å². The van der Waals surface area contributed by atoms with Crippen molar-refractivity contribution in [2.45, 2.75) is 26.0 Å². The molecule has 9 heteroatoms. The van der Waals surface area contributed by atoms with Gasteiger partial charge >= 0.3 is 0 Å². The smallest absolute Gasteiger partial charge is 0.151 e. The van der Waals surface area contributed by atoms with Gasteiger partial charge in [0.25, 0.3) is 0 Å². The first-order valence-electron chi connectivity index (χ1n) is 45.3. The Labute approximate surface area is 780 Å². The molecule has 1 unspecified atom stereocenters. The fraction of sp³-hybridized carbons (Fsp3) is 0.0244. The molecule has 3 aliphatic heterocycles. The highest BCUT2D eigenvalue weighted by molar-refractivity contribution is 7.99. The van der Waals surface area contributed by atoms with Gasteiger partial charge in [-0.3, -0.25) is 0 Å². The highest BCUT2D eigenvalue weighted by Gasteiger charge is 2.58. The maximum Gasteiger partial charge on any atom is 0.151 e. The highest BCUT2D eigenvalue weighted by atomic mass is 32.2. The van der Waals surface area contributed by atoms with Crippen molar-refractivity contribution in [3.8, 4) is 76.2 Å². The number of hydrogen-bond donors (Lipinski definition) is 0. The van der Waals surface area contributed by atoms with Crippen molar-refractivity contribution < 1.29 is 4.74 Å². The van der Waals surface area contributed by atoms with Crippen LogP contribution in [0.15, 0.2) is 459 Å². The topological polar surface area (TPSA) is 22.2 Å². The Bertz CT molecular complexity index is 8480. The molecule has 0 radical (unpaired) electrons. The SMILES string of the molecule is c1ccc(N2c3ccccc3N(c3ccc4c(c3)-c3sc5ccccc5c3C43c4ccccc4-c4ccccc43)c3ccccc32)cc1.c1ccc2c(c1)Oc1ccccc1N2c1cccc2c1C1(c3ccccc3-c3ccccc31)c1c-2sc2ccccc12.c1ccc2c(c1)Sc1ccccc1N2c1ccc2c(c1)-c1ccccc1C21c2ccccc2-c2sc3ccccc3c21. The summed E-state index contributed by atoms with van der Waals surface area (Å²) in [5, 5.41) is 4.07. The van der Waals surface area contributed by atoms with E-state index in [2.05, 4.69) is 469 Å². The van der Waals surface area contributed by atoms with Crippen molar-refractivity contribution in [3.05, 3.63) is 516 Å². The summed E-state index contributed by atoms with van der Waals surface area (Å²) in [6.07, 6.45) is 0. The van der Waals surface area contributed by atoms with E-state index < -0.39 is 5.41 Å². The zero-order chi connectivity index (χ0) is 86.2. The first-order valence-corrected chi connectivity index (χ1v) is 48.5. The van der Waals surface area contributed by atoms with Crippen LogP contribution < -0.4 is 24.3 Å². The Hall–Kier alpha value is -15.6. The highest BCUT2D eigenvalue weighted by Crippen LogP contribution is 2.73. The van der Waals surface area contributed by atoms with Gasteiger partial charge in [-0.1, -0.05) is 327 Å². The van der Waals surface area contributed by atoms with E-state index in [0.717, 1.165) is 28.6 Å². The molecule has 22 aromatic rings. The molecule has 31 rings (SSSR count). The lowest BCUT2D eigenvalue weighted by Crippen LogP contribution is -2.28. The Morgan fingerprint density at radius 2 is 0.485 bits per heavy atom. The second-order valence-corrected chi connectivity index (χ2v) is 39.6. The standard InChI is InChI=1S/C45H28N2S.C39H23NOS.C39H23NS2/c1-2-14-29(15-3-1)46-38-21-9-11-23-40(38)47(41-24-12-10-22-39(41)46)30-26-27-37-34(28-30)44-43(33-18-6-13-25-42(33)48-44)45(37)35-19-7-4-16-31(35)32-17-5-8-20-36(32)45;1-4-16-28-24(12-1)25-13-2-5-17-29(25)39(28)36-27(38-37(39)26-14-3-10-23-35(26)42-38)15-11-20-32(36)40-30-18-6-8-21-33(30)41-34-22-9-7-19-31(34)40;1-4-14-29-25(11-1)28-23-24(40-32-16-6-9-19-35(32)41-36-20-10-7-17-33(36)40)21-22-31(28)39(29)30-15-5-2-12-26(30)38-37(39)27-13-3-8-18-34(27)42-38/h1-28H;2*1-23H. The fourth-order valence-corrected chi connectivity index (χ4v) is 29.2. The number of nitrogens with zero attached hydrogens (tertiary/aromatic N) is 4. The summed E-state index contributed by atoms with van der Waals surface area (Å²) in [5.74, 6) is 1.74. The number of anilines is 12. The molecule has 3 spiro atoms. The van der Waals surface area contributed by atoms with Gasteiger partial charge in [-0.2, -0.15) is 0 Å². The number of benzene rings is 19. The largest absolute Gasteiger partial charge is 0.453 e. The first kappa shape index (κ1) is 74.4. The van der Waals surface area contributed by atoms with Crippen molar-refractivity contribution in [2.24, 2.45) is 0 Å². The van der Waals surface area contributed by atoms with Gasteiger partial charge in [-0.25, -0.2) is 0 Å². The number of rotatable bonds is 4. The molecule has 9 aliphatic rings. The summed E-state index contributed by atoms with van der Waals surface area (Å²) in [6, 6.07) is 165. The summed E-state index contributed by atoms with van der Waals surface area (Å²) in [5.41, 5.74) is 41.5. The molecule has 3 aromatic heterocycles. The summed E-state index contributed by atoms with van der Waals surface area (Å²) < 4.78 is 10.5. The van der Waals surface area contributed by atoms with E-state index >= 15 is 0 Å². The van der Waals surface area contributed by atoms with Crippen LogP contribution in [-0.2, 0) is 16.2 Å². The lowest BCUT2D eigenvalue weighted by atomic mass is 9.69. The average Bonchev–Trinajstić information content (AvgIpc) is 1.49. The minimum atomic E-state index is -0.448. The minimum Gasteiger partial charge on any atom is -0.453 e.